The molecule has 1 heterocycles. The van der Waals surface area contributed by atoms with E-state index in [0.29, 0.717) is 11.5 Å². The summed E-state index contributed by atoms with van der Waals surface area (Å²) in [5.41, 5.74) is 2.35. The summed E-state index contributed by atoms with van der Waals surface area (Å²) in [4.78, 5) is 0. The number of rotatable bonds is 0. The van der Waals surface area contributed by atoms with Crippen LogP contribution in [0.2, 0.25) is 0 Å². The third-order valence-electron chi connectivity index (χ3n) is 6.01. The lowest BCUT2D eigenvalue weighted by molar-refractivity contribution is 0.0403. The van der Waals surface area contributed by atoms with E-state index in [4.69, 9.17) is 4.74 Å². The highest BCUT2D eigenvalue weighted by molar-refractivity contribution is 5.58. The Hall–Kier alpha value is -0.0400. The molecule has 0 amide bonds. The average Bonchev–Trinajstić information content (AvgIpc) is 2.82. The van der Waals surface area contributed by atoms with E-state index in [0.717, 1.165) is 22.9 Å². The molecule has 2 spiro atoms. The van der Waals surface area contributed by atoms with Crippen molar-refractivity contribution in [2.24, 2.45) is 22.2 Å². The second-order valence-corrected chi connectivity index (χ2v) is 5.62. The first-order valence-electron chi connectivity index (χ1n) is 4.93. The Bertz CT molecular complexity index is 304. The normalized spacial score (nSPS) is 90.8. The fourth-order valence-corrected chi connectivity index (χ4v) is 5.62. The molecule has 0 aromatic carbocycles. The average molecular weight is 148 g/mol. The Morgan fingerprint density at radius 1 is 1.27 bits per heavy atom. The summed E-state index contributed by atoms with van der Waals surface area (Å²) >= 11 is 0. The molecule has 4 aliphatic carbocycles. The van der Waals surface area contributed by atoms with Crippen molar-refractivity contribution < 1.29 is 4.74 Å². The quantitative estimate of drug-likeness (QED) is 0.506. The van der Waals surface area contributed by atoms with E-state index in [9.17, 15) is 0 Å². The Kier molecular flexibility index (Phi) is 0.368. The second kappa shape index (κ2) is 0.834. The van der Waals surface area contributed by atoms with Crippen LogP contribution in [0.25, 0.3) is 0 Å². The van der Waals surface area contributed by atoms with Crippen molar-refractivity contribution in [3.8, 4) is 0 Å². The van der Waals surface area contributed by atoms with E-state index in [1.54, 1.807) is 6.42 Å². The maximum atomic E-state index is 5.98. The van der Waals surface area contributed by atoms with Gasteiger partial charge in [-0.2, -0.15) is 0 Å². The van der Waals surface area contributed by atoms with Crippen molar-refractivity contribution >= 4 is 0 Å². The SMILES string of the molecule is CC12C3OC4CC5CC51C32C4. The molecule has 1 saturated heterocycles. The maximum Gasteiger partial charge on any atom is 0.0713 e. The lowest BCUT2D eigenvalue weighted by atomic mass is 9.87. The monoisotopic (exact) mass is 148 g/mol. The summed E-state index contributed by atoms with van der Waals surface area (Å²) < 4.78 is 5.98. The van der Waals surface area contributed by atoms with Crippen molar-refractivity contribution in [2.45, 2.75) is 38.4 Å². The van der Waals surface area contributed by atoms with Gasteiger partial charge in [0.25, 0.3) is 0 Å². The number of hydrogen-bond acceptors (Lipinski definition) is 1. The van der Waals surface area contributed by atoms with Crippen LogP contribution in [0.1, 0.15) is 26.2 Å². The van der Waals surface area contributed by atoms with E-state index >= 15 is 0 Å². The zero-order chi connectivity index (χ0) is 7.06. The second-order valence-electron chi connectivity index (χ2n) is 5.62. The first-order chi connectivity index (χ1) is 5.27. The minimum Gasteiger partial charge on any atom is -0.374 e. The van der Waals surface area contributed by atoms with E-state index in [2.05, 4.69) is 6.92 Å². The van der Waals surface area contributed by atoms with Gasteiger partial charge < -0.3 is 4.74 Å². The fraction of sp³-hybridized carbons (Fsp3) is 1.00. The van der Waals surface area contributed by atoms with Crippen LogP contribution in [0.15, 0.2) is 0 Å². The predicted octanol–water partition coefficient (Wildman–Crippen LogP) is 1.57. The number of fused-ring (bicyclic) bond motifs is 2. The van der Waals surface area contributed by atoms with Gasteiger partial charge in [-0.1, -0.05) is 6.92 Å². The molecular weight excluding hydrogens is 136 g/mol. The molecule has 1 nitrogen and oxygen atoms in total. The van der Waals surface area contributed by atoms with Crippen LogP contribution in [0.4, 0.5) is 0 Å². The van der Waals surface area contributed by atoms with Crippen molar-refractivity contribution in [1.29, 1.82) is 0 Å². The third-order valence-corrected chi connectivity index (χ3v) is 6.01. The highest BCUT2D eigenvalue weighted by Gasteiger charge is 3.12. The topological polar surface area (TPSA) is 9.23 Å². The standard InChI is InChI=1S/C10H12O/c1-8-7-10(8)4-6(11-7)2-5-3-9(5,8)10/h5-7H,2-4H2,1H3. The molecule has 11 heavy (non-hydrogen) atoms. The van der Waals surface area contributed by atoms with Crippen LogP contribution in [-0.4, -0.2) is 12.2 Å². The molecule has 6 atom stereocenters. The lowest BCUT2D eigenvalue weighted by Crippen LogP contribution is -2.16. The summed E-state index contributed by atoms with van der Waals surface area (Å²) in [5.74, 6) is 1.10. The summed E-state index contributed by atoms with van der Waals surface area (Å²) in [6.45, 7) is 2.49. The predicted molar refractivity (Wildman–Crippen MR) is 39.0 cm³/mol. The molecule has 6 unspecified atom stereocenters. The zero-order valence-electron chi connectivity index (χ0n) is 6.76. The molecule has 1 aliphatic heterocycles. The summed E-state index contributed by atoms with van der Waals surface area (Å²) in [5, 5.41) is 0. The van der Waals surface area contributed by atoms with E-state index in [-0.39, 0.29) is 0 Å². The molecule has 1 heteroatoms. The first kappa shape index (κ1) is 4.86. The minimum absolute atomic E-state index is 0.691. The fourth-order valence-electron chi connectivity index (χ4n) is 5.62. The third kappa shape index (κ3) is 0.195. The summed E-state index contributed by atoms with van der Waals surface area (Å²) in [7, 11) is 0. The molecular formula is C10H12O. The Morgan fingerprint density at radius 3 is 3.09 bits per heavy atom. The van der Waals surface area contributed by atoms with Crippen molar-refractivity contribution in [1.82, 2.24) is 0 Å². The van der Waals surface area contributed by atoms with Crippen LogP contribution < -0.4 is 0 Å². The molecule has 4 saturated carbocycles. The van der Waals surface area contributed by atoms with Crippen LogP contribution >= 0.6 is 0 Å². The van der Waals surface area contributed by atoms with Crippen LogP contribution in [-0.2, 0) is 4.74 Å². The van der Waals surface area contributed by atoms with E-state index in [1.807, 2.05) is 0 Å². The van der Waals surface area contributed by atoms with Crippen molar-refractivity contribution in [3.63, 3.8) is 0 Å². The molecule has 5 fully saturated rings. The van der Waals surface area contributed by atoms with E-state index < -0.39 is 0 Å². The van der Waals surface area contributed by atoms with Gasteiger partial charge in [-0.05, 0) is 30.6 Å². The van der Waals surface area contributed by atoms with Gasteiger partial charge in [0.1, 0.15) is 0 Å². The van der Waals surface area contributed by atoms with Gasteiger partial charge in [-0.3, -0.25) is 0 Å². The van der Waals surface area contributed by atoms with E-state index in [1.165, 1.54) is 12.8 Å². The molecule has 2 bridgehead atoms. The minimum atomic E-state index is 0.691. The van der Waals surface area contributed by atoms with Gasteiger partial charge in [0, 0.05) is 10.8 Å². The molecule has 5 rings (SSSR count). The highest BCUT2D eigenvalue weighted by atomic mass is 16.5. The van der Waals surface area contributed by atoms with Gasteiger partial charge in [0.2, 0.25) is 0 Å². The van der Waals surface area contributed by atoms with Crippen LogP contribution in [0.3, 0.4) is 0 Å². The molecule has 0 radical (unpaired) electrons. The van der Waals surface area contributed by atoms with Gasteiger partial charge >= 0.3 is 0 Å². The van der Waals surface area contributed by atoms with Crippen LogP contribution in [0, 0.1) is 22.2 Å². The highest BCUT2D eigenvalue weighted by Crippen LogP contribution is 3.11. The van der Waals surface area contributed by atoms with Gasteiger partial charge in [0.05, 0.1) is 12.2 Å². The Labute approximate surface area is 66.1 Å². The molecule has 0 aromatic heterocycles. The van der Waals surface area contributed by atoms with Gasteiger partial charge in [-0.15, -0.1) is 0 Å². The Morgan fingerprint density at radius 2 is 2.18 bits per heavy atom. The number of hydrogen-bond donors (Lipinski definition) is 0. The van der Waals surface area contributed by atoms with Crippen molar-refractivity contribution in [2.75, 3.05) is 0 Å². The molecule has 0 N–H and O–H groups in total. The molecule has 0 aromatic rings. The Balaban J connectivity index is 1.87. The molecule has 58 valence electrons. The lowest BCUT2D eigenvalue weighted by Gasteiger charge is -2.13. The zero-order valence-corrected chi connectivity index (χ0v) is 6.76. The van der Waals surface area contributed by atoms with Crippen LogP contribution in [0.5, 0.6) is 0 Å². The maximum absolute atomic E-state index is 5.98. The largest absolute Gasteiger partial charge is 0.374 e. The van der Waals surface area contributed by atoms with Crippen molar-refractivity contribution in [3.05, 3.63) is 0 Å². The van der Waals surface area contributed by atoms with Gasteiger partial charge in [-0.25, -0.2) is 0 Å². The summed E-state index contributed by atoms with van der Waals surface area (Å²) in [6, 6.07) is 0. The summed E-state index contributed by atoms with van der Waals surface area (Å²) in [6.07, 6.45) is 5.84. The number of ether oxygens (including phenoxy) is 1. The smallest absolute Gasteiger partial charge is 0.0713 e. The molecule has 5 aliphatic rings. The first-order valence-corrected chi connectivity index (χ1v) is 4.93. The van der Waals surface area contributed by atoms with Gasteiger partial charge in [0.15, 0.2) is 0 Å².